The predicted molar refractivity (Wildman–Crippen MR) is 76.3 cm³/mol. The molecule has 0 spiro atoms. The Balaban J connectivity index is 1.99. The molecule has 0 amide bonds. The van der Waals surface area contributed by atoms with E-state index in [0.29, 0.717) is 0 Å². The van der Waals surface area contributed by atoms with E-state index in [0.717, 1.165) is 6.54 Å². The van der Waals surface area contributed by atoms with Gasteiger partial charge in [-0.05, 0) is 43.9 Å². The Bertz CT molecular complexity index is 293. The quantitative estimate of drug-likeness (QED) is 0.635. The normalized spacial score (nSPS) is 10.7. The summed E-state index contributed by atoms with van der Waals surface area (Å²) in [6.07, 6.45) is 10.6. The fourth-order valence-electron chi connectivity index (χ4n) is 2.23. The first-order chi connectivity index (χ1) is 8.34. The first kappa shape index (κ1) is 14.2. The summed E-state index contributed by atoms with van der Waals surface area (Å²) in [5.74, 6) is 0. The zero-order chi connectivity index (χ0) is 12.3. The second-order valence-corrected chi connectivity index (χ2v) is 4.94. The third-order valence-electron chi connectivity index (χ3n) is 3.41. The Morgan fingerprint density at radius 1 is 0.824 bits per heavy atom. The molecule has 96 valence electrons. The van der Waals surface area contributed by atoms with Crippen LogP contribution in [-0.4, -0.2) is 6.54 Å². The van der Waals surface area contributed by atoms with Crippen LogP contribution in [0.15, 0.2) is 24.3 Å². The molecule has 0 saturated heterocycles. The number of benzene rings is 1. The molecule has 1 nitrogen and oxygen atoms in total. The van der Waals surface area contributed by atoms with Crippen LogP contribution in [0.3, 0.4) is 0 Å². The average Bonchev–Trinajstić information content (AvgIpc) is 2.35. The Morgan fingerprint density at radius 2 is 1.41 bits per heavy atom. The second-order valence-electron chi connectivity index (χ2n) is 4.94. The highest BCUT2D eigenvalue weighted by molar-refractivity contribution is 5.25. The SMILES string of the molecule is Cc1ccccc1CCCCCCCCCN. The van der Waals surface area contributed by atoms with Crippen molar-refractivity contribution in [1.82, 2.24) is 0 Å². The van der Waals surface area contributed by atoms with Crippen molar-refractivity contribution < 1.29 is 0 Å². The van der Waals surface area contributed by atoms with Crippen LogP contribution in [0.1, 0.15) is 56.1 Å². The molecule has 0 heterocycles. The molecule has 0 aliphatic rings. The van der Waals surface area contributed by atoms with Gasteiger partial charge in [-0.1, -0.05) is 56.4 Å². The molecule has 0 atom stereocenters. The molecule has 0 unspecified atom stereocenters. The summed E-state index contributed by atoms with van der Waals surface area (Å²) in [6, 6.07) is 8.74. The van der Waals surface area contributed by atoms with Gasteiger partial charge in [-0.2, -0.15) is 0 Å². The molecule has 2 N–H and O–H groups in total. The summed E-state index contributed by atoms with van der Waals surface area (Å²) in [5, 5.41) is 0. The van der Waals surface area contributed by atoms with Crippen LogP contribution < -0.4 is 5.73 Å². The zero-order valence-corrected chi connectivity index (χ0v) is 11.3. The van der Waals surface area contributed by atoms with Gasteiger partial charge in [-0.3, -0.25) is 0 Å². The summed E-state index contributed by atoms with van der Waals surface area (Å²) >= 11 is 0. The number of hydrogen-bond donors (Lipinski definition) is 1. The maximum atomic E-state index is 5.47. The van der Waals surface area contributed by atoms with Crippen LogP contribution in [0.4, 0.5) is 0 Å². The van der Waals surface area contributed by atoms with Gasteiger partial charge in [-0.15, -0.1) is 0 Å². The number of nitrogens with two attached hydrogens (primary N) is 1. The van der Waals surface area contributed by atoms with Crippen LogP contribution in [0.2, 0.25) is 0 Å². The van der Waals surface area contributed by atoms with E-state index in [9.17, 15) is 0 Å². The van der Waals surface area contributed by atoms with Crippen molar-refractivity contribution in [1.29, 1.82) is 0 Å². The third-order valence-corrected chi connectivity index (χ3v) is 3.41. The lowest BCUT2D eigenvalue weighted by molar-refractivity contribution is 0.581. The summed E-state index contributed by atoms with van der Waals surface area (Å²) in [5.41, 5.74) is 8.43. The van der Waals surface area contributed by atoms with Crippen LogP contribution >= 0.6 is 0 Å². The van der Waals surface area contributed by atoms with Crippen molar-refractivity contribution in [2.24, 2.45) is 5.73 Å². The Hall–Kier alpha value is -0.820. The Kier molecular flexibility index (Phi) is 7.74. The van der Waals surface area contributed by atoms with Crippen molar-refractivity contribution >= 4 is 0 Å². The first-order valence-electron chi connectivity index (χ1n) is 7.09. The molecule has 1 rings (SSSR count). The number of aryl methyl sites for hydroxylation is 2. The molecule has 0 radical (unpaired) electrons. The standard InChI is InChI=1S/C16H27N/c1-15-11-8-9-13-16(15)12-7-5-3-2-4-6-10-14-17/h8-9,11,13H,2-7,10,12,14,17H2,1H3. The topological polar surface area (TPSA) is 26.0 Å². The van der Waals surface area contributed by atoms with E-state index in [1.165, 1.54) is 62.5 Å². The minimum Gasteiger partial charge on any atom is -0.330 e. The molecule has 0 aliphatic carbocycles. The minimum atomic E-state index is 0.854. The van der Waals surface area contributed by atoms with Crippen molar-refractivity contribution in [3.63, 3.8) is 0 Å². The van der Waals surface area contributed by atoms with E-state index in [-0.39, 0.29) is 0 Å². The van der Waals surface area contributed by atoms with E-state index in [1.807, 2.05) is 0 Å². The monoisotopic (exact) mass is 233 g/mol. The minimum absolute atomic E-state index is 0.854. The van der Waals surface area contributed by atoms with Crippen LogP contribution in [0.25, 0.3) is 0 Å². The maximum absolute atomic E-state index is 5.47. The van der Waals surface area contributed by atoms with Gasteiger partial charge in [0, 0.05) is 0 Å². The molecular formula is C16H27N. The first-order valence-corrected chi connectivity index (χ1v) is 7.09. The zero-order valence-electron chi connectivity index (χ0n) is 11.3. The lowest BCUT2D eigenvalue weighted by atomic mass is 10.0. The van der Waals surface area contributed by atoms with Gasteiger partial charge in [0.25, 0.3) is 0 Å². The van der Waals surface area contributed by atoms with Gasteiger partial charge in [0.05, 0.1) is 0 Å². The number of unbranched alkanes of at least 4 members (excludes halogenated alkanes) is 6. The molecule has 1 heteroatoms. The molecule has 0 bridgehead atoms. The number of hydrogen-bond acceptors (Lipinski definition) is 1. The molecular weight excluding hydrogens is 206 g/mol. The molecule has 1 aromatic rings. The predicted octanol–water partition coefficient (Wildman–Crippen LogP) is 4.23. The van der Waals surface area contributed by atoms with E-state index >= 15 is 0 Å². The summed E-state index contributed by atoms with van der Waals surface area (Å²) in [7, 11) is 0. The molecule has 0 aliphatic heterocycles. The smallest absolute Gasteiger partial charge is 0.00773 e. The van der Waals surface area contributed by atoms with Gasteiger partial charge < -0.3 is 5.73 Å². The summed E-state index contributed by atoms with van der Waals surface area (Å²) in [6.45, 7) is 3.06. The van der Waals surface area contributed by atoms with Gasteiger partial charge in [0.1, 0.15) is 0 Å². The second kappa shape index (κ2) is 9.23. The Morgan fingerprint density at radius 3 is 2.06 bits per heavy atom. The van der Waals surface area contributed by atoms with E-state index in [4.69, 9.17) is 5.73 Å². The van der Waals surface area contributed by atoms with Crippen LogP contribution in [0, 0.1) is 6.92 Å². The average molecular weight is 233 g/mol. The number of rotatable bonds is 9. The maximum Gasteiger partial charge on any atom is -0.00773 e. The van der Waals surface area contributed by atoms with Gasteiger partial charge >= 0.3 is 0 Å². The van der Waals surface area contributed by atoms with Gasteiger partial charge in [-0.25, -0.2) is 0 Å². The summed E-state index contributed by atoms with van der Waals surface area (Å²) < 4.78 is 0. The van der Waals surface area contributed by atoms with E-state index in [2.05, 4.69) is 31.2 Å². The van der Waals surface area contributed by atoms with E-state index < -0.39 is 0 Å². The van der Waals surface area contributed by atoms with Crippen molar-refractivity contribution in [2.75, 3.05) is 6.54 Å². The molecule has 17 heavy (non-hydrogen) atoms. The van der Waals surface area contributed by atoms with Gasteiger partial charge in [0.15, 0.2) is 0 Å². The lowest BCUT2D eigenvalue weighted by Gasteiger charge is -2.05. The van der Waals surface area contributed by atoms with Crippen molar-refractivity contribution in [3.05, 3.63) is 35.4 Å². The largest absolute Gasteiger partial charge is 0.330 e. The lowest BCUT2D eigenvalue weighted by Crippen LogP contribution is -1.97. The van der Waals surface area contributed by atoms with Crippen LogP contribution in [0.5, 0.6) is 0 Å². The highest BCUT2D eigenvalue weighted by Gasteiger charge is 1.97. The molecule has 0 aromatic heterocycles. The highest BCUT2D eigenvalue weighted by atomic mass is 14.5. The fraction of sp³-hybridized carbons (Fsp3) is 0.625. The van der Waals surface area contributed by atoms with Crippen LogP contribution in [-0.2, 0) is 6.42 Å². The Labute approximate surface area is 106 Å². The summed E-state index contributed by atoms with van der Waals surface area (Å²) in [4.78, 5) is 0. The fourth-order valence-corrected chi connectivity index (χ4v) is 2.23. The molecule has 0 saturated carbocycles. The van der Waals surface area contributed by atoms with E-state index in [1.54, 1.807) is 0 Å². The molecule has 0 fully saturated rings. The van der Waals surface area contributed by atoms with Crippen molar-refractivity contribution in [3.8, 4) is 0 Å². The van der Waals surface area contributed by atoms with Crippen molar-refractivity contribution in [2.45, 2.75) is 58.3 Å². The third kappa shape index (κ3) is 6.48. The van der Waals surface area contributed by atoms with Gasteiger partial charge in [0.2, 0.25) is 0 Å². The molecule has 1 aromatic carbocycles. The highest BCUT2D eigenvalue weighted by Crippen LogP contribution is 2.13.